The van der Waals surface area contributed by atoms with Crippen molar-refractivity contribution in [3.63, 3.8) is 0 Å². The highest BCUT2D eigenvalue weighted by Crippen LogP contribution is 2.09. The maximum absolute atomic E-state index is 11.0. The van der Waals surface area contributed by atoms with Gasteiger partial charge in [-0.3, -0.25) is 0 Å². The van der Waals surface area contributed by atoms with Gasteiger partial charge in [0.05, 0.1) is 6.61 Å². The van der Waals surface area contributed by atoms with E-state index in [-0.39, 0.29) is 18.3 Å². The highest BCUT2D eigenvalue weighted by atomic mass is 16.8. The molecule has 0 aliphatic carbocycles. The van der Waals surface area contributed by atoms with E-state index in [9.17, 15) is 10.0 Å². The molecule has 0 saturated carbocycles. The maximum atomic E-state index is 11.0. The van der Waals surface area contributed by atoms with Crippen molar-refractivity contribution in [2.45, 2.75) is 6.92 Å². The smallest absolute Gasteiger partial charge is 0.374 e. The number of rotatable bonds is 3. The molecule has 0 aliphatic rings. The second-order valence-electron chi connectivity index (χ2n) is 2.19. The zero-order chi connectivity index (χ0) is 9.84. The number of carbonyl (C=O) groups excluding carboxylic acids is 1. The number of hydrogen-bond donors (Lipinski definition) is 2. The molecule has 0 bridgehead atoms. The van der Waals surface area contributed by atoms with Gasteiger partial charge in [0.1, 0.15) is 0 Å². The Kier molecular flexibility index (Phi) is 3.02. The molecule has 6 nitrogen and oxygen atoms in total. The third-order valence-electron chi connectivity index (χ3n) is 1.29. The summed E-state index contributed by atoms with van der Waals surface area (Å²) in [6.45, 7) is 1.88. The van der Waals surface area contributed by atoms with Crippen LogP contribution >= 0.6 is 0 Å². The number of esters is 1. The zero-order valence-electron chi connectivity index (χ0n) is 6.94. The molecule has 72 valence electrons. The minimum atomic E-state index is -1.21. The number of quaternary nitrogens is 1. The summed E-state index contributed by atoms with van der Waals surface area (Å²) in [6, 6.07) is 2.47. The topological polar surface area (TPSA) is 87.2 Å². The van der Waals surface area contributed by atoms with Gasteiger partial charge >= 0.3 is 11.9 Å². The molecule has 1 heterocycles. The molecule has 0 saturated heterocycles. The third kappa shape index (κ3) is 2.28. The van der Waals surface area contributed by atoms with Gasteiger partial charge in [-0.15, -0.1) is 0 Å². The quantitative estimate of drug-likeness (QED) is 0.508. The molecule has 0 spiro atoms. The molecular formula is C7H9NO5. The first kappa shape index (κ1) is 9.72. The van der Waals surface area contributed by atoms with Crippen molar-refractivity contribution < 1.29 is 24.4 Å². The first-order chi connectivity index (χ1) is 6.15. The van der Waals surface area contributed by atoms with Crippen LogP contribution in [-0.2, 0) is 4.74 Å². The third-order valence-corrected chi connectivity index (χ3v) is 1.29. The number of ether oxygens (including phenoxy) is 1. The summed E-state index contributed by atoms with van der Waals surface area (Å²) in [5.41, 5.74) is 0. The van der Waals surface area contributed by atoms with E-state index in [1.165, 1.54) is 12.1 Å². The Morgan fingerprint density at radius 1 is 1.77 bits per heavy atom. The van der Waals surface area contributed by atoms with E-state index in [0.717, 1.165) is 0 Å². The Labute approximate surface area is 73.9 Å². The SMILES string of the molecule is CCOC(=O)c1ccc([NH+]([O-])O)o1. The largest absolute Gasteiger partial charge is 0.592 e. The molecule has 1 rings (SSSR count). The second kappa shape index (κ2) is 4.04. The van der Waals surface area contributed by atoms with Gasteiger partial charge in [-0.05, 0) is 13.0 Å². The first-order valence-corrected chi connectivity index (χ1v) is 3.65. The van der Waals surface area contributed by atoms with Crippen LogP contribution in [-0.4, -0.2) is 17.8 Å². The minimum absolute atomic E-state index is 0.0979. The summed E-state index contributed by atoms with van der Waals surface area (Å²) in [7, 11) is 0. The lowest BCUT2D eigenvalue weighted by Crippen LogP contribution is -2.99. The van der Waals surface area contributed by atoms with Gasteiger partial charge < -0.3 is 14.4 Å². The summed E-state index contributed by atoms with van der Waals surface area (Å²) in [5.74, 6) is -1.03. The van der Waals surface area contributed by atoms with Crippen LogP contribution in [0.15, 0.2) is 16.5 Å². The van der Waals surface area contributed by atoms with Crippen LogP contribution in [0.3, 0.4) is 0 Å². The van der Waals surface area contributed by atoms with Gasteiger partial charge in [0, 0.05) is 6.07 Å². The number of nitrogens with one attached hydrogen (secondary N) is 1. The molecule has 0 amide bonds. The summed E-state index contributed by atoms with van der Waals surface area (Å²) in [6.07, 6.45) is 0. The fourth-order valence-electron chi connectivity index (χ4n) is 0.765. The van der Waals surface area contributed by atoms with Crippen molar-refractivity contribution >= 4 is 11.9 Å². The van der Waals surface area contributed by atoms with E-state index in [1.807, 2.05) is 0 Å². The lowest BCUT2D eigenvalue weighted by molar-refractivity contribution is -0.997. The van der Waals surface area contributed by atoms with Crippen molar-refractivity contribution in [2.24, 2.45) is 0 Å². The van der Waals surface area contributed by atoms with Crippen molar-refractivity contribution in [1.82, 2.24) is 0 Å². The first-order valence-electron chi connectivity index (χ1n) is 3.65. The molecular weight excluding hydrogens is 178 g/mol. The van der Waals surface area contributed by atoms with Gasteiger partial charge in [0.2, 0.25) is 5.76 Å². The van der Waals surface area contributed by atoms with Gasteiger partial charge in [0.25, 0.3) is 0 Å². The molecule has 1 atom stereocenters. The Morgan fingerprint density at radius 3 is 2.92 bits per heavy atom. The summed E-state index contributed by atoms with van der Waals surface area (Å²) in [4.78, 5) is 11.0. The Balaban J connectivity index is 2.73. The van der Waals surface area contributed by atoms with E-state index < -0.39 is 11.2 Å². The van der Waals surface area contributed by atoms with E-state index in [1.54, 1.807) is 6.92 Å². The number of carbonyl (C=O) groups is 1. The number of hydrogen-bond acceptors (Lipinski definition) is 5. The van der Waals surface area contributed by atoms with Crippen LogP contribution in [0.5, 0.6) is 0 Å². The highest BCUT2D eigenvalue weighted by molar-refractivity contribution is 5.86. The van der Waals surface area contributed by atoms with Gasteiger partial charge in [-0.25, -0.2) is 10.0 Å². The van der Waals surface area contributed by atoms with Crippen molar-refractivity contribution in [3.8, 4) is 0 Å². The molecule has 2 N–H and O–H groups in total. The molecule has 13 heavy (non-hydrogen) atoms. The second-order valence-corrected chi connectivity index (χ2v) is 2.19. The Hall–Kier alpha value is -1.37. The Morgan fingerprint density at radius 2 is 2.46 bits per heavy atom. The van der Waals surface area contributed by atoms with Crippen molar-refractivity contribution in [1.29, 1.82) is 0 Å². The van der Waals surface area contributed by atoms with E-state index in [4.69, 9.17) is 5.21 Å². The molecule has 0 radical (unpaired) electrons. The maximum Gasteiger partial charge on any atom is 0.374 e. The van der Waals surface area contributed by atoms with Crippen molar-refractivity contribution in [3.05, 3.63) is 23.1 Å². The predicted octanol–water partition coefficient (Wildman–Crippen LogP) is -0.140. The standard InChI is InChI=1S/C7H9NO5/c1-2-12-7(9)5-3-4-6(13-5)8(10)11/h3-4,8,10H,2H2,1H3. The number of furan rings is 1. The predicted molar refractivity (Wildman–Crippen MR) is 40.4 cm³/mol. The van der Waals surface area contributed by atoms with Crippen LogP contribution in [0, 0.1) is 5.21 Å². The van der Waals surface area contributed by atoms with E-state index in [2.05, 4.69) is 9.15 Å². The fourth-order valence-corrected chi connectivity index (χ4v) is 0.765. The molecule has 0 aromatic carbocycles. The molecule has 1 unspecified atom stereocenters. The fraction of sp³-hybridized carbons (Fsp3) is 0.286. The van der Waals surface area contributed by atoms with Crippen LogP contribution in [0.2, 0.25) is 0 Å². The average molecular weight is 187 g/mol. The minimum Gasteiger partial charge on any atom is -0.592 e. The van der Waals surface area contributed by atoms with Gasteiger partial charge in [0.15, 0.2) is 0 Å². The Bertz CT molecular complexity index is 293. The molecule has 1 aromatic rings. The van der Waals surface area contributed by atoms with Crippen LogP contribution < -0.4 is 5.23 Å². The summed E-state index contributed by atoms with van der Waals surface area (Å²) < 4.78 is 9.28. The monoisotopic (exact) mass is 187 g/mol. The summed E-state index contributed by atoms with van der Waals surface area (Å²) >= 11 is 0. The van der Waals surface area contributed by atoms with Crippen molar-refractivity contribution in [2.75, 3.05) is 6.61 Å². The van der Waals surface area contributed by atoms with Crippen LogP contribution in [0.1, 0.15) is 17.5 Å². The zero-order valence-corrected chi connectivity index (χ0v) is 6.94. The van der Waals surface area contributed by atoms with Crippen LogP contribution in [0.4, 0.5) is 5.88 Å². The molecule has 0 fully saturated rings. The summed E-state index contributed by atoms with van der Waals surface area (Å²) in [5, 5.41) is 17.6. The highest BCUT2D eigenvalue weighted by Gasteiger charge is 2.14. The molecule has 0 aliphatic heterocycles. The molecule has 6 heteroatoms. The van der Waals surface area contributed by atoms with E-state index >= 15 is 0 Å². The van der Waals surface area contributed by atoms with E-state index in [0.29, 0.717) is 0 Å². The van der Waals surface area contributed by atoms with Gasteiger partial charge in [-0.2, -0.15) is 5.23 Å². The average Bonchev–Trinajstić information content (AvgIpc) is 2.52. The van der Waals surface area contributed by atoms with Crippen LogP contribution in [0.25, 0.3) is 0 Å². The van der Waals surface area contributed by atoms with Gasteiger partial charge in [-0.1, -0.05) is 0 Å². The molecule has 1 aromatic heterocycles. The normalized spacial score (nSPS) is 12.5. The lowest BCUT2D eigenvalue weighted by Gasteiger charge is -2.05. The lowest BCUT2D eigenvalue weighted by atomic mass is 10.4.